The first-order valence-electron chi connectivity index (χ1n) is 4.84. The minimum absolute atomic E-state index is 0.684. The highest BCUT2D eigenvalue weighted by Crippen LogP contribution is 2.16. The third kappa shape index (κ3) is 2.87. The van der Waals surface area contributed by atoms with Gasteiger partial charge in [-0.1, -0.05) is 0 Å². The Morgan fingerprint density at radius 2 is 2.36 bits per heavy atom. The summed E-state index contributed by atoms with van der Waals surface area (Å²) in [6, 6.07) is 0. The van der Waals surface area contributed by atoms with Crippen molar-refractivity contribution >= 4 is 28.2 Å². The van der Waals surface area contributed by atoms with Crippen molar-refractivity contribution in [1.29, 1.82) is 0 Å². The average Bonchev–Trinajstić information content (AvgIpc) is 2.43. The smallest absolute Gasteiger partial charge is 0.180 e. The third-order valence-corrected chi connectivity index (χ3v) is 4.04. The molecule has 1 aromatic heterocycles. The average molecular weight is 229 g/mol. The first-order valence-corrected chi connectivity index (χ1v) is 6.88. The second kappa shape index (κ2) is 5.00. The minimum atomic E-state index is 0.684. The van der Waals surface area contributed by atoms with Gasteiger partial charge in [0.2, 0.25) is 0 Å². The maximum atomic E-state index is 5.60. The van der Waals surface area contributed by atoms with Crippen molar-refractivity contribution in [2.75, 3.05) is 30.3 Å². The standard InChI is InChI=1S/C9H15N3S2/c10-9-11-8(7-14-9)6-12-2-1-4-13-5-3-12/h7H,1-6H2,(H2,10,11). The van der Waals surface area contributed by atoms with Gasteiger partial charge in [0.05, 0.1) is 5.69 Å². The van der Waals surface area contributed by atoms with E-state index in [-0.39, 0.29) is 0 Å². The summed E-state index contributed by atoms with van der Waals surface area (Å²) >= 11 is 3.58. The maximum Gasteiger partial charge on any atom is 0.180 e. The molecule has 0 unspecified atom stereocenters. The van der Waals surface area contributed by atoms with Gasteiger partial charge in [0.15, 0.2) is 5.13 Å². The lowest BCUT2D eigenvalue weighted by molar-refractivity contribution is 0.285. The molecule has 1 fully saturated rings. The van der Waals surface area contributed by atoms with Crippen LogP contribution in [0.15, 0.2) is 5.38 Å². The summed E-state index contributed by atoms with van der Waals surface area (Å²) in [6.07, 6.45) is 1.30. The fourth-order valence-electron chi connectivity index (χ4n) is 1.58. The molecule has 78 valence electrons. The molecule has 0 saturated carbocycles. The molecule has 0 radical (unpaired) electrons. The molecular weight excluding hydrogens is 214 g/mol. The van der Waals surface area contributed by atoms with Crippen LogP contribution in [-0.2, 0) is 6.54 Å². The topological polar surface area (TPSA) is 42.1 Å². The number of rotatable bonds is 2. The highest BCUT2D eigenvalue weighted by molar-refractivity contribution is 7.99. The molecule has 0 aliphatic carbocycles. The lowest BCUT2D eigenvalue weighted by Crippen LogP contribution is -2.25. The Morgan fingerprint density at radius 1 is 1.43 bits per heavy atom. The predicted octanol–water partition coefficient (Wildman–Crippen LogP) is 1.66. The number of nitrogens with zero attached hydrogens (tertiary/aromatic N) is 2. The van der Waals surface area contributed by atoms with Crippen molar-refractivity contribution < 1.29 is 0 Å². The van der Waals surface area contributed by atoms with Crippen LogP contribution in [0, 0.1) is 0 Å². The number of hydrogen-bond donors (Lipinski definition) is 1. The van der Waals surface area contributed by atoms with Crippen LogP contribution in [0.2, 0.25) is 0 Å². The molecule has 5 heteroatoms. The molecule has 0 bridgehead atoms. The third-order valence-electron chi connectivity index (χ3n) is 2.27. The summed E-state index contributed by atoms with van der Waals surface area (Å²) in [7, 11) is 0. The van der Waals surface area contributed by atoms with E-state index in [4.69, 9.17) is 5.73 Å². The summed E-state index contributed by atoms with van der Waals surface area (Å²) in [5.74, 6) is 2.55. The molecule has 0 atom stereocenters. The van der Waals surface area contributed by atoms with E-state index in [0.29, 0.717) is 5.13 Å². The molecule has 3 nitrogen and oxygen atoms in total. The number of thioether (sulfide) groups is 1. The van der Waals surface area contributed by atoms with Crippen molar-refractivity contribution in [2.45, 2.75) is 13.0 Å². The highest BCUT2D eigenvalue weighted by Gasteiger charge is 2.10. The Hall–Kier alpha value is -0.260. The van der Waals surface area contributed by atoms with Gasteiger partial charge in [0.25, 0.3) is 0 Å². The van der Waals surface area contributed by atoms with Crippen LogP contribution < -0.4 is 5.73 Å². The van der Waals surface area contributed by atoms with Crippen molar-refractivity contribution in [3.8, 4) is 0 Å². The number of anilines is 1. The number of thiazole rings is 1. The van der Waals surface area contributed by atoms with Gasteiger partial charge in [-0.25, -0.2) is 4.98 Å². The highest BCUT2D eigenvalue weighted by atomic mass is 32.2. The SMILES string of the molecule is Nc1nc(CN2CCCSCC2)cs1. The van der Waals surface area contributed by atoms with Gasteiger partial charge in [0, 0.05) is 24.2 Å². The first-order chi connectivity index (χ1) is 6.84. The maximum absolute atomic E-state index is 5.60. The molecule has 2 rings (SSSR count). The van der Waals surface area contributed by atoms with E-state index in [1.54, 1.807) is 0 Å². The van der Waals surface area contributed by atoms with Crippen LogP contribution in [0.4, 0.5) is 5.13 Å². The fraction of sp³-hybridized carbons (Fsp3) is 0.667. The molecule has 2 N–H and O–H groups in total. The molecule has 0 amide bonds. The number of hydrogen-bond acceptors (Lipinski definition) is 5. The quantitative estimate of drug-likeness (QED) is 0.837. The Morgan fingerprint density at radius 3 is 3.14 bits per heavy atom. The minimum Gasteiger partial charge on any atom is -0.375 e. The summed E-state index contributed by atoms with van der Waals surface area (Å²) in [5.41, 5.74) is 6.72. The Kier molecular flexibility index (Phi) is 3.67. The summed E-state index contributed by atoms with van der Waals surface area (Å²) in [5, 5.41) is 2.75. The van der Waals surface area contributed by atoms with Crippen LogP contribution in [0.3, 0.4) is 0 Å². The van der Waals surface area contributed by atoms with Crippen molar-refractivity contribution in [2.24, 2.45) is 0 Å². The molecule has 1 saturated heterocycles. The van der Waals surface area contributed by atoms with Crippen molar-refractivity contribution in [3.63, 3.8) is 0 Å². The van der Waals surface area contributed by atoms with Crippen LogP contribution in [0.5, 0.6) is 0 Å². The van der Waals surface area contributed by atoms with Crippen LogP contribution in [-0.4, -0.2) is 34.5 Å². The Labute approximate surface area is 92.7 Å². The zero-order chi connectivity index (χ0) is 9.80. The molecular formula is C9H15N3S2. The van der Waals surface area contributed by atoms with Crippen LogP contribution in [0.25, 0.3) is 0 Å². The first kappa shape index (κ1) is 10.3. The van der Waals surface area contributed by atoms with Gasteiger partial charge < -0.3 is 5.73 Å². The van der Waals surface area contributed by atoms with E-state index in [1.807, 2.05) is 0 Å². The predicted molar refractivity (Wildman–Crippen MR) is 63.7 cm³/mol. The largest absolute Gasteiger partial charge is 0.375 e. The molecule has 1 aromatic rings. The zero-order valence-electron chi connectivity index (χ0n) is 8.11. The molecule has 14 heavy (non-hydrogen) atoms. The number of nitrogens with two attached hydrogens (primary N) is 1. The van der Waals surface area contributed by atoms with E-state index >= 15 is 0 Å². The van der Waals surface area contributed by atoms with Crippen molar-refractivity contribution in [1.82, 2.24) is 9.88 Å². The number of nitrogen functional groups attached to an aromatic ring is 1. The van der Waals surface area contributed by atoms with E-state index in [1.165, 1.54) is 42.4 Å². The van der Waals surface area contributed by atoms with Gasteiger partial charge in [-0.05, 0) is 18.7 Å². The van der Waals surface area contributed by atoms with Crippen LogP contribution >= 0.6 is 23.1 Å². The van der Waals surface area contributed by atoms with E-state index in [2.05, 4.69) is 27.0 Å². The van der Waals surface area contributed by atoms with Gasteiger partial charge >= 0.3 is 0 Å². The second-order valence-electron chi connectivity index (χ2n) is 3.42. The molecule has 0 spiro atoms. The molecule has 1 aliphatic heterocycles. The Bertz CT molecular complexity index is 279. The van der Waals surface area contributed by atoms with Gasteiger partial charge in [0.1, 0.15) is 0 Å². The van der Waals surface area contributed by atoms with E-state index in [9.17, 15) is 0 Å². The fourth-order valence-corrected chi connectivity index (χ4v) is 3.06. The lowest BCUT2D eigenvalue weighted by Gasteiger charge is -2.17. The molecule has 0 aromatic carbocycles. The summed E-state index contributed by atoms with van der Waals surface area (Å²) in [4.78, 5) is 6.75. The Balaban J connectivity index is 1.89. The lowest BCUT2D eigenvalue weighted by atomic mass is 10.3. The summed E-state index contributed by atoms with van der Waals surface area (Å²) in [6.45, 7) is 3.35. The van der Waals surface area contributed by atoms with Crippen molar-refractivity contribution in [3.05, 3.63) is 11.1 Å². The molecule has 1 aliphatic rings. The molecule has 2 heterocycles. The van der Waals surface area contributed by atoms with E-state index < -0.39 is 0 Å². The monoisotopic (exact) mass is 229 g/mol. The summed E-state index contributed by atoms with van der Waals surface area (Å²) < 4.78 is 0. The van der Waals surface area contributed by atoms with Gasteiger partial charge in [-0.2, -0.15) is 11.8 Å². The zero-order valence-corrected chi connectivity index (χ0v) is 9.74. The normalized spacial score (nSPS) is 19.4. The second-order valence-corrected chi connectivity index (χ2v) is 5.53. The van der Waals surface area contributed by atoms with Gasteiger partial charge in [-0.3, -0.25) is 4.90 Å². The number of aromatic nitrogens is 1. The van der Waals surface area contributed by atoms with E-state index in [0.717, 1.165) is 12.2 Å². The van der Waals surface area contributed by atoms with Crippen LogP contribution in [0.1, 0.15) is 12.1 Å². The van der Waals surface area contributed by atoms with Gasteiger partial charge in [-0.15, -0.1) is 11.3 Å².